The van der Waals surface area contributed by atoms with E-state index in [4.69, 9.17) is 16.3 Å². The van der Waals surface area contributed by atoms with E-state index >= 15 is 0 Å². The number of esters is 1. The highest BCUT2D eigenvalue weighted by molar-refractivity contribution is 7.89. The van der Waals surface area contributed by atoms with Gasteiger partial charge >= 0.3 is 12.1 Å². The summed E-state index contributed by atoms with van der Waals surface area (Å²) in [6.07, 6.45) is -4.67. The smallest absolute Gasteiger partial charge is 0.416 e. The molecule has 0 unspecified atom stereocenters. The molecule has 0 saturated heterocycles. The molecule has 0 heterocycles. The number of rotatable bonds is 7. The van der Waals surface area contributed by atoms with Crippen LogP contribution in [0.2, 0.25) is 5.02 Å². The van der Waals surface area contributed by atoms with Gasteiger partial charge in [-0.3, -0.25) is 4.79 Å². The van der Waals surface area contributed by atoms with Gasteiger partial charge in [0.15, 0.2) is 0 Å². The summed E-state index contributed by atoms with van der Waals surface area (Å²) < 4.78 is 68.6. The van der Waals surface area contributed by atoms with Gasteiger partial charge in [-0.1, -0.05) is 29.8 Å². The Labute approximate surface area is 159 Å². The summed E-state index contributed by atoms with van der Waals surface area (Å²) in [6.45, 7) is -0.404. The second kappa shape index (κ2) is 8.73. The summed E-state index contributed by atoms with van der Waals surface area (Å²) >= 11 is 5.74. The molecule has 0 saturated carbocycles. The number of alkyl halides is 3. The predicted molar refractivity (Wildman–Crippen MR) is 92.5 cm³/mol. The summed E-state index contributed by atoms with van der Waals surface area (Å²) in [4.78, 5) is 11.6. The summed E-state index contributed by atoms with van der Waals surface area (Å²) in [6, 6.07) is 9.83. The SMILES string of the molecule is O=C(CCNS(=O)(=O)c1cccc(Cl)c1)OCc1ccc(C(F)(F)F)cc1. The normalized spacial score (nSPS) is 12.0. The van der Waals surface area contributed by atoms with Gasteiger partial charge in [0, 0.05) is 11.6 Å². The van der Waals surface area contributed by atoms with Crippen molar-refractivity contribution in [1.82, 2.24) is 4.72 Å². The Hall–Kier alpha value is -2.10. The monoisotopic (exact) mass is 421 g/mol. The van der Waals surface area contributed by atoms with Crippen molar-refractivity contribution in [3.05, 3.63) is 64.7 Å². The van der Waals surface area contributed by atoms with Crippen LogP contribution in [0.15, 0.2) is 53.4 Å². The van der Waals surface area contributed by atoms with Crippen molar-refractivity contribution in [3.8, 4) is 0 Å². The molecule has 0 bridgehead atoms. The fourth-order valence-corrected chi connectivity index (χ4v) is 3.36. The molecule has 1 N–H and O–H groups in total. The van der Waals surface area contributed by atoms with Crippen molar-refractivity contribution in [1.29, 1.82) is 0 Å². The van der Waals surface area contributed by atoms with Gasteiger partial charge in [0.25, 0.3) is 0 Å². The number of halogens is 4. The van der Waals surface area contributed by atoms with E-state index in [1.54, 1.807) is 0 Å². The maximum Gasteiger partial charge on any atom is 0.416 e. The topological polar surface area (TPSA) is 72.5 Å². The van der Waals surface area contributed by atoms with Crippen LogP contribution >= 0.6 is 11.6 Å². The van der Waals surface area contributed by atoms with Gasteiger partial charge < -0.3 is 4.74 Å². The lowest BCUT2D eigenvalue weighted by atomic mass is 10.1. The molecular formula is C17H15ClF3NO4S. The van der Waals surface area contributed by atoms with Gasteiger partial charge in [-0.2, -0.15) is 13.2 Å². The van der Waals surface area contributed by atoms with Crippen LogP contribution in [0.5, 0.6) is 0 Å². The fraction of sp³-hybridized carbons (Fsp3) is 0.235. The summed E-state index contributed by atoms with van der Waals surface area (Å²) in [5.74, 6) is -0.691. The molecular weight excluding hydrogens is 407 g/mol. The number of carbonyl (C=O) groups is 1. The minimum atomic E-state index is -4.44. The summed E-state index contributed by atoms with van der Waals surface area (Å²) in [5, 5.41) is 0.258. The first kappa shape index (κ1) is 21.2. The largest absolute Gasteiger partial charge is 0.461 e. The van der Waals surface area contributed by atoms with Crippen LogP contribution in [-0.2, 0) is 32.3 Å². The number of ether oxygens (including phenoxy) is 1. The third kappa shape index (κ3) is 6.53. The van der Waals surface area contributed by atoms with Crippen LogP contribution in [0, 0.1) is 0 Å². The molecule has 0 aliphatic carbocycles. The standard InChI is InChI=1S/C17H15ClF3NO4S/c18-14-2-1-3-15(10-14)27(24,25)22-9-8-16(23)26-11-12-4-6-13(7-5-12)17(19,20)21/h1-7,10,22H,8-9,11H2. The molecule has 2 aromatic rings. The Bertz CT molecular complexity index is 899. The zero-order valence-electron chi connectivity index (χ0n) is 13.8. The van der Waals surface area contributed by atoms with Crippen molar-refractivity contribution in [2.45, 2.75) is 24.1 Å². The lowest BCUT2D eigenvalue weighted by Crippen LogP contribution is -2.26. The van der Waals surface area contributed by atoms with Crippen molar-refractivity contribution in [2.75, 3.05) is 6.54 Å². The minimum absolute atomic E-state index is 0.0341. The van der Waals surface area contributed by atoms with E-state index in [1.807, 2.05) is 0 Å². The van der Waals surface area contributed by atoms with Crippen LogP contribution in [0.25, 0.3) is 0 Å². The van der Waals surface area contributed by atoms with Crippen molar-refractivity contribution in [2.24, 2.45) is 0 Å². The highest BCUT2D eigenvalue weighted by atomic mass is 35.5. The van der Waals surface area contributed by atoms with Crippen molar-refractivity contribution >= 4 is 27.6 Å². The number of nitrogens with one attached hydrogen (secondary N) is 1. The Morgan fingerprint density at radius 3 is 2.37 bits per heavy atom. The first-order valence-electron chi connectivity index (χ1n) is 7.65. The van der Waals surface area contributed by atoms with Gasteiger partial charge in [0.05, 0.1) is 16.9 Å². The van der Waals surface area contributed by atoms with E-state index in [0.29, 0.717) is 5.56 Å². The lowest BCUT2D eigenvalue weighted by Gasteiger charge is -2.09. The Morgan fingerprint density at radius 2 is 1.78 bits per heavy atom. The average Bonchev–Trinajstić information content (AvgIpc) is 2.59. The van der Waals surface area contributed by atoms with E-state index in [0.717, 1.165) is 12.1 Å². The molecule has 0 aliphatic heterocycles. The van der Waals surface area contributed by atoms with Crippen LogP contribution < -0.4 is 4.72 Å². The Kier molecular flexibility index (Phi) is 6.85. The third-order valence-corrected chi connectivity index (χ3v) is 5.10. The second-order valence-electron chi connectivity index (χ2n) is 5.46. The maximum absolute atomic E-state index is 12.5. The van der Waals surface area contributed by atoms with E-state index < -0.39 is 27.7 Å². The Balaban J connectivity index is 1.79. The molecule has 10 heteroatoms. The molecule has 2 rings (SSSR count). The van der Waals surface area contributed by atoms with Crippen LogP contribution in [0.4, 0.5) is 13.2 Å². The van der Waals surface area contributed by atoms with Crippen molar-refractivity contribution < 1.29 is 31.1 Å². The fourth-order valence-electron chi connectivity index (χ4n) is 2.03. The molecule has 0 amide bonds. The van der Waals surface area contributed by atoms with E-state index in [9.17, 15) is 26.4 Å². The molecule has 2 aromatic carbocycles. The molecule has 146 valence electrons. The molecule has 0 aromatic heterocycles. The zero-order valence-corrected chi connectivity index (χ0v) is 15.4. The number of hydrogen-bond acceptors (Lipinski definition) is 4. The van der Waals surface area contributed by atoms with Crippen LogP contribution in [0.1, 0.15) is 17.5 Å². The molecule has 0 spiro atoms. The summed E-state index contributed by atoms with van der Waals surface area (Å²) in [7, 11) is -3.81. The third-order valence-electron chi connectivity index (χ3n) is 3.41. The van der Waals surface area contributed by atoms with Crippen LogP contribution in [0.3, 0.4) is 0 Å². The van der Waals surface area contributed by atoms with Gasteiger partial charge in [-0.15, -0.1) is 0 Å². The number of carbonyl (C=O) groups excluding carboxylic acids is 1. The number of sulfonamides is 1. The van der Waals surface area contributed by atoms with Crippen molar-refractivity contribution in [3.63, 3.8) is 0 Å². The van der Waals surface area contributed by atoms with Gasteiger partial charge in [0.1, 0.15) is 6.61 Å². The highest BCUT2D eigenvalue weighted by Gasteiger charge is 2.29. The quantitative estimate of drug-likeness (QED) is 0.691. The number of hydrogen-bond donors (Lipinski definition) is 1. The molecule has 27 heavy (non-hydrogen) atoms. The molecule has 0 atom stereocenters. The molecule has 0 radical (unpaired) electrons. The maximum atomic E-state index is 12.5. The molecule has 0 aliphatic rings. The van der Waals surface area contributed by atoms with E-state index in [2.05, 4.69) is 4.72 Å². The minimum Gasteiger partial charge on any atom is -0.461 e. The zero-order chi connectivity index (χ0) is 20.1. The first-order chi connectivity index (χ1) is 12.6. The molecule has 5 nitrogen and oxygen atoms in total. The van der Waals surface area contributed by atoms with Gasteiger partial charge in [-0.25, -0.2) is 13.1 Å². The second-order valence-corrected chi connectivity index (χ2v) is 7.66. The first-order valence-corrected chi connectivity index (χ1v) is 9.51. The predicted octanol–water partition coefficient (Wildman–Crippen LogP) is 3.77. The highest BCUT2D eigenvalue weighted by Crippen LogP contribution is 2.29. The van der Waals surface area contributed by atoms with Gasteiger partial charge in [-0.05, 0) is 35.9 Å². The van der Waals surface area contributed by atoms with Gasteiger partial charge in [0.2, 0.25) is 10.0 Å². The Morgan fingerprint density at radius 1 is 1.11 bits per heavy atom. The summed E-state index contributed by atoms with van der Waals surface area (Å²) in [5.41, 5.74) is -0.413. The average molecular weight is 422 g/mol. The van der Waals surface area contributed by atoms with Crippen LogP contribution in [-0.4, -0.2) is 20.9 Å². The van der Waals surface area contributed by atoms with E-state index in [1.165, 1.54) is 36.4 Å². The lowest BCUT2D eigenvalue weighted by molar-refractivity contribution is -0.145. The number of benzene rings is 2. The molecule has 0 fully saturated rings. The van der Waals surface area contributed by atoms with E-state index in [-0.39, 0.29) is 29.5 Å².